The minimum absolute atomic E-state index is 0.0124. The zero-order chi connectivity index (χ0) is 38.3. The predicted octanol–water partition coefficient (Wildman–Crippen LogP) is 4.87. The number of nitrogens with one attached hydrogen (secondary N) is 2. The number of hydrogen-bond donors (Lipinski definition) is 2. The molecule has 0 saturated heterocycles. The number of aliphatic imine (C=N–C) groups is 1. The first-order chi connectivity index (χ1) is 25.3. The lowest BCUT2D eigenvalue weighted by molar-refractivity contribution is -0.119. The monoisotopic (exact) mass is 765 g/mol. The molecule has 53 heavy (non-hydrogen) atoms. The first-order valence-corrected chi connectivity index (χ1v) is 20.5. The Balaban J connectivity index is 1.30. The average molecular weight is 766 g/mol. The molecule has 2 aliphatic rings. The number of imide groups is 1. The van der Waals surface area contributed by atoms with Gasteiger partial charge in [-0.15, -0.1) is 0 Å². The number of carbonyl (C=O) groups is 4. The van der Waals surface area contributed by atoms with Crippen LogP contribution in [0.15, 0.2) is 69.8 Å². The molecule has 3 heterocycles. The maximum absolute atomic E-state index is 14.2. The number of likely N-dealkylation sites (N-methyl/N-ethyl adjacent to an activating group) is 1. The van der Waals surface area contributed by atoms with Gasteiger partial charge in [0.05, 0.1) is 16.0 Å². The molecule has 0 fully saturated rings. The normalized spacial score (nSPS) is 15.4. The molecule has 3 aromatic rings. The molecule has 0 bridgehead atoms. The predicted molar refractivity (Wildman–Crippen MR) is 196 cm³/mol. The number of amides is 4. The number of carbonyl (C=O) groups excluding carboxylic acids is 4. The minimum Gasteiger partial charge on any atom is -0.324 e. The summed E-state index contributed by atoms with van der Waals surface area (Å²) in [5, 5.41) is 2.12. The van der Waals surface area contributed by atoms with E-state index in [-0.39, 0.29) is 39.5 Å². The molecule has 4 amide bonds. The van der Waals surface area contributed by atoms with E-state index in [1.807, 2.05) is 0 Å². The third-order valence-corrected chi connectivity index (χ3v) is 12.2. The van der Waals surface area contributed by atoms with Crippen molar-refractivity contribution in [2.24, 2.45) is 4.99 Å². The summed E-state index contributed by atoms with van der Waals surface area (Å²) in [6.45, 7) is 3.70. The number of nitrogens with zero attached hydrogens (tertiary/aromatic N) is 5. The van der Waals surface area contributed by atoms with Crippen LogP contribution in [0.2, 0.25) is 0 Å². The molecule has 0 aliphatic carbocycles. The van der Waals surface area contributed by atoms with E-state index in [1.54, 1.807) is 12.1 Å². The molecule has 2 aromatic carbocycles. The molecule has 0 spiro atoms. The highest BCUT2D eigenvalue weighted by Gasteiger charge is 2.49. The van der Waals surface area contributed by atoms with Crippen molar-refractivity contribution in [3.8, 4) is 0 Å². The van der Waals surface area contributed by atoms with Gasteiger partial charge in [0.2, 0.25) is 10.9 Å². The number of benzene rings is 2. The summed E-state index contributed by atoms with van der Waals surface area (Å²) in [5.41, 5.74) is 0.373. The maximum Gasteiger partial charge on any atom is 0.286 e. The Morgan fingerprint density at radius 1 is 0.849 bits per heavy atom. The van der Waals surface area contributed by atoms with Crippen LogP contribution in [0, 0.1) is 6.92 Å². The fraction of sp³-hybridized carbons (Fsp3) is 0.417. The summed E-state index contributed by atoms with van der Waals surface area (Å²) < 4.78 is 55.8. The van der Waals surface area contributed by atoms with Gasteiger partial charge >= 0.3 is 0 Å². The van der Waals surface area contributed by atoms with Crippen LogP contribution in [0.25, 0.3) is 0 Å². The average Bonchev–Trinajstić information content (AvgIpc) is 3.37. The van der Waals surface area contributed by atoms with Crippen molar-refractivity contribution in [3.63, 3.8) is 0 Å². The zero-order valence-corrected chi connectivity index (χ0v) is 31.5. The molecular weight excluding hydrogens is 723 g/mol. The number of amidine groups is 1. The van der Waals surface area contributed by atoms with E-state index in [0.29, 0.717) is 15.6 Å². The van der Waals surface area contributed by atoms with E-state index in [2.05, 4.69) is 31.9 Å². The fourth-order valence-electron chi connectivity index (χ4n) is 6.21. The van der Waals surface area contributed by atoms with Crippen molar-refractivity contribution in [1.29, 1.82) is 0 Å². The fourth-order valence-corrected chi connectivity index (χ4v) is 8.48. The molecule has 1 unspecified atom stereocenters. The van der Waals surface area contributed by atoms with Crippen LogP contribution in [0.5, 0.6) is 0 Å². The SMILES string of the molecule is CCCCCCCCCCCCC(=O)NS(=O)(=O)c1ccc(NC(=O)C(C2=Nc3nccnc3S(=O)(=O)N2C)N2C(=O)c3ccccc3C2=O)c(C)c1. The lowest BCUT2D eigenvalue weighted by atomic mass is 10.1. The van der Waals surface area contributed by atoms with Crippen LogP contribution < -0.4 is 10.0 Å². The van der Waals surface area contributed by atoms with E-state index in [0.717, 1.165) is 38.9 Å². The Kier molecular flexibility index (Phi) is 12.4. The summed E-state index contributed by atoms with van der Waals surface area (Å²) in [4.78, 5) is 66.4. The van der Waals surface area contributed by atoms with Gasteiger partial charge in [-0.25, -0.2) is 28.1 Å². The van der Waals surface area contributed by atoms with Gasteiger partial charge in [-0.05, 0) is 49.2 Å². The third-order valence-electron chi connectivity index (χ3n) is 9.14. The molecule has 0 radical (unpaired) electrons. The standard InChI is InChI=1S/C36H43N7O8S2/c1-4-5-6-7-8-9-10-11-12-13-18-29(44)41-52(48,49)25-19-20-28(24(2)23-25)39-33(45)30(43-35(46)26-16-14-15-17-27(26)36(43)47)32-40-31-34(38-22-21-37-31)53(50,51)42(32)3/h14-17,19-23,30H,4-13,18H2,1-3H3,(H,39,45)(H,41,44). The van der Waals surface area contributed by atoms with Crippen molar-refractivity contribution >= 4 is 61.0 Å². The smallest absolute Gasteiger partial charge is 0.286 e. The van der Waals surface area contributed by atoms with E-state index in [9.17, 15) is 36.0 Å². The van der Waals surface area contributed by atoms with Gasteiger partial charge in [-0.1, -0.05) is 76.8 Å². The van der Waals surface area contributed by atoms with Gasteiger partial charge in [0, 0.05) is 31.5 Å². The summed E-state index contributed by atoms with van der Waals surface area (Å²) in [7, 11) is -7.54. The Morgan fingerprint density at radius 3 is 2.04 bits per heavy atom. The first-order valence-electron chi connectivity index (χ1n) is 17.6. The molecule has 0 saturated carbocycles. The highest BCUT2D eigenvalue weighted by atomic mass is 32.2. The van der Waals surface area contributed by atoms with Gasteiger partial charge in [0.15, 0.2) is 17.7 Å². The lowest BCUT2D eigenvalue weighted by Gasteiger charge is -2.33. The van der Waals surface area contributed by atoms with Crippen LogP contribution in [-0.4, -0.2) is 78.6 Å². The molecule has 17 heteroatoms. The Hall–Kier alpha value is -5.03. The molecule has 5 rings (SSSR count). The molecule has 1 aromatic heterocycles. The third kappa shape index (κ3) is 8.62. The second-order valence-electron chi connectivity index (χ2n) is 13.0. The van der Waals surface area contributed by atoms with Gasteiger partial charge < -0.3 is 5.32 Å². The first kappa shape index (κ1) is 39.2. The van der Waals surface area contributed by atoms with Crippen molar-refractivity contribution in [3.05, 3.63) is 71.5 Å². The lowest BCUT2D eigenvalue weighted by Crippen LogP contribution is -2.57. The Labute approximate surface area is 309 Å². The van der Waals surface area contributed by atoms with Gasteiger partial charge in [0.1, 0.15) is 0 Å². The number of anilines is 1. The highest BCUT2D eigenvalue weighted by Crippen LogP contribution is 2.33. The van der Waals surface area contributed by atoms with Gasteiger partial charge in [0.25, 0.3) is 37.8 Å². The van der Waals surface area contributed by atoms with Crippen molar-refractivity contribution in [1.82, 2.24) is 23.9 Å². The number of sulfonamides is 2. The number of fused-ring (bicyclic) bond motifs is 2. The molecule has 2 N–H and O–H groups in total. The van der Waals surface area contributed by atoms with Gasteiger partial charge in [-0.3, -0.25) is 28.4 Å². The minimum atomic E-state index is -4.41. The van der Waals surface area contributed by atoms with E-state index in [1.165, 1.54) is 75.6 Å². The van der Waals surface area contributed by atoms with E-state index in [4.69, 9.17) is 0 Å². The highest BCUT2D eigenvalue weighted by molar-refractivity contribution is 7.90. The quantitative estimate of drug-likeness (QED) is 0.141. The molecule has 1 atom stereocenters. The number of aryl methyl sites for hydroxylation is 1. The van der Waals surface area contributed by atoms with Crippen LogP contribution in [0.1, 0.15) is 104 Å². The summed E-state index contributed by atoms with van der Waals surface area (Å²) in [6, 6.07) is 7.73. The van der Waals surface area contributed by atoms with Crippen molar-refractivity contribution in [2.45, 2.75) is 100 Å². The van der Waals surface area contributed by atoms with E-state index >= 15 is 0 Å². The van der Waals surface area contributed by atoms with Crippen LogP contribution in [-0.2, 0) is 29.6 Å². The molecule has 2 aliphatic heterocycles. The van der Waals surface area contributed by atoms with Gasteiger partial charge in [-0.2, -0.15) is 8.42 Å². The second kappa shape index (κ2) is 16.8. The molecule has 282 valence electrons. The summed E-state index contributed by atoms with van der Waals surface area (Å²) >= 11 is 0. The van der Waals surface area contributed by atoms with E-state index < -0.39 is 60.6 Å². The van der Waals surface area contributed by atoms with Crippen LogP contribution in [0.3, 0.4) is 0 Å². The van der Waals surface area contributed by atoms with Crippen molar-refractivity contribution < 1.29 is 36.0 Å². The second-order valence-corrected chi connectivity index (χ2v) is 16.5. The summed E-state index contributed by atoms with van der Waals surface area (Å²) in [6.07, 6.45) is 13.2. The molecule has 15 nitrogen and oxygen atoms in total. The maximum atomic E-state index is 14.2. The Morgan fingerprint density at radius 2 is 1.43 bits per heavy atom. The number of hydrogen-bond acceptors (Lipinski definition) is 11. The Bertz CT molecular complexity index is 2120. The number of aromatic nitrogens is 2. The van der Waals surface area contributed by atoms with Crippen molar-refractivity contribution in [2.75, 3.05) is 12.4 Å². The number of rotatable bonds is 17. The van der Waals surface area contributed by atoms with Crippen LogP contribution >= 0.6 is 0 Å². The largest absolute Gasteiger partial charge is 0.324 e. The van der Waals surface area contributed by atoms with Crippen LogP contribution in [0.4, 0.5) is 11.5 Å². The molecular formula is C36H43N7O8S2. The summed E-state index contributed by atoms with van der Waals surface area (Å²) in [5.74, 6) is -4.17. The topological polar surface area (TPSA) is 205 Å². The zero-order valence-electron chi connectivity index (χ0n) is 29.9. The number of unbranched alkanes of at least 4 members (excludes halogenated alkanes) is 9.